The van der Waals surface area contributed by atoms with Gasteiger partial charge in [0.05, 0.1) is 11.0 Å². The molecule has 0 unspecified atom stereocenters. The number of hydrogen-bond acceptors (Lipinski definition) is 1. The van der Waals surface area contributed by atoms with Gasteiger partial charge in [0.15, 0.2) is 0 Å². The zero-order valence-electron chi connectivity index (χ0n) is 6.96. The van der Waals surface area contributed by atoms with Gasteiger partial charge >= 0.3 is 0 Å². The second kappa shape index (κ2) is 2.48. The van der Waals surface area contributed by atoms with Crippen LogP contribution in [0.25, 0.3) is 17.1 Å². The maximum absolute atomic E-state index is 4.32. The molecule has 0 saturated carbocycles. The molecule has 2 heteroatoms. The van der Waals surface area contributed by atoms with Crippen molar-refractivity contribution in [2.24, 2.45) is 0 Å². The number of aromatic amines is 1. The first-order valence-electron chi connectivity index (χ1n) is 3.89. The summed E-state index contributed by atoms with van der Waals surface area (Å²) in [5.41, 5.74) is 3.32. The van der Waals surface area contributed by atoms with E-state index in [1.807, 2.05) is 12.1 Å². The summed E-state index contributed by atoms with van der Waals surface area (Å²) < 4.78 is 0. The molecule has 60 valence electrons. The van der Waals surface area contributed by atoms with Gasteiger partial charge in [-0.3, -0.25) is 0 Å². The number of aryl methyl sites for hydroxylation is 1. The maximum Gasteiger partial charge on any atom is 0.130 e. The lowest BCUT2D eigenvalue weighted by molar-refractivity contribution is 1.29. The first kappa shape index (κ1) is 7.10. The Morgan fingerprint density at radius 1 is 1.50 bits per heavy atom. The summed E-state index contributed by atoms with van der Waals surface area (Å²) in [5.74, 6) is 0.833. The summed E-state index contributed by atoms with van der Waals surface area (Å²) in [7, 11) is 0. The number of H-pyrrole nitrogens is 1. The van der Waals surface area contributed by atoms with E-state index in [4.69, 9.17) is 0 Å². The molecule has 2 nitrogen and oxygen atoms in total. The molecule has 0 aliphatic heterocycles. The molecule has 0 bridgehead atoms. The molecule has 1 heterocycles. The Bertz CT molecular complexity index is 426. The average Bonchev–Trinajstić information content (AvgIpc) is 2.49. The van der Waals surface area contributed by atoms with Gasteiger partial charge in [-0.25, -0.2) is 4.98 Å². The first-order chi connectivity index (χ1) is 5.81. The molecule has 1 N–H and O–H groups in total. The standard InChI is InChI=1S/C10H10N2/c1-3-9-11-8-6-4-5-7(2)10(8)12-9/h3-6H,1H2,2H3,(H,11,12). The van der Waals surface area contributed by atoms with Crippen molar-refractivity contribution in [3.05, 3.63) is 36.2 Å². The van der Waals surface area contributed by atoms with Crippen molar-refractivity contribution in [2.75, 3.05) is 0 Å². The average molecular weight is 158 g/mol. The second-order valence-electron chi connectivity index (χ2n) is 2.80. The van der Waals surface area contributed by atoms with Crippen LogP contribution in [0, 0.1) is 6.92 Å². The number of fused-ring (bicyclic) bond motifs is 1. The van der Waals surface area contributed by atoms with Gasteiger partial charge < -0.3 is 4.98 Å². The van der Waals surface area contributed by atoms with Gasteiger partial charge in [0.1, 0.15) is 5.82 Å². The van der Waals surface area contributed by atoms with Crippen molar-refractivity contribution < 1.29 is 0 Å². The van der Waals surface area contributed by atoms with Crippen molar-refractivity contribution in [3.63, 3.8) is 0 Å². The van der Waals surface area contributed by atoms with Crippen LogP contribution in [-0.2, 0) is 0 Å². The van der Waals surface area contributed by atoms with Gasteiger partial charge in [-0.2, -0.15) is 0 Å². The zero-order chi connectivity index (χ0) is 8.55. The van der Waals surface area contributed by atoms with Crippen molar-refractivity contribution in [1.82, 2.24) is 9.97 Å². The highest BCUT2D eigenvalue weighted by Gasteiger charge is 2.00. The molecule has 0 saturated heterocycles. The lowest BCUT2D eigenvalue weighted by Crippen LogP contribution is -1.74. The molecule has 0 atom stereocenters. The van der Waals surface area contributed by atoms with E-state index in [9.17, 15) is 0 Å². The van der Waals surface area contributed by atoms with Crippen LogP contribution in [0.1, 0.15) is 11.4 Å². The van der Waals surface area contributed by atoms with Crippen LogP contribution >= 0.6 is 0 Å². The van der Waals surface area contributed by atoms with E-state index >= 15 is 0 Å². The molecule has 2 rings (SSSR count). The molecule has 1 aromatic heterocycles. The molecular formula is C10H10N2. The number of benzene rings is 1. The SMILES string of the molecule is C=Cc1nc2cccc(C)c2[nH]1. The predicted octanol–water partition coefficient (Wildman–Crippen LogP) is 2.51. The Hall–Kier alpha value is -1.57. The third kappa shape index (κ3) is 0.925. The predicted molar refractivity (Wildman–Crippen MR) is 50.9 cm³/mol. The molecule has 0 spiro atoms. The van der Waals surface area contributed by atoms with E-state index in [0.717, 1.165) is 16.9 Å². The number of rotatable bonds is 1. The van der Waals surface area contributed by atoms with Crippen molar-refractivity contribution in [2.45, 2.75) is 6.92 Å². The summed E-state index contributed by atoms with van der Waals surface area (Å²) in [4.78, 5) is 7.50. The van der Waals surface area contributed by atoms with E-state index in [-0.39, 0.29) is 0 Å². The largest absolute Gasteiger partial charge is 0.338 e. The number of imidazole rings is 1. The highest BCUT2D eigenvalue weighted by atomic mass is 14.9. The Morgan fingerprint density at radius 2 is 2.33 bits per heavy atom. The van der Waals surface area contributed by atoms with Crippen molar-refractivity contribution >= 4 is 17.1 Å². The highest BCUT2D eigenvalue weighted by molar-refractivity contribution is 5.79. The minimum absolute atomic E-state index is 0.833. The zero-order valence-corrected chi connectivity index (χ0v) is 6.96. The van der Waals surface area contributed by atoms with Crippen molar-refractivity contribution in [3.8, 4) is 0 Å². The van der Waals surface area contributed by atoms with Gasteiger partial charge in [0.2, 0.25) is 0 Å². The van der Waals surface area contributed by atoms with Gasteiger partial charge in [-0.15, -0.1) is 0 Å². The Labute approximate surface area is 70.9 Å². The monoisotopic (exact) mass is 158 g/mol. The topological polar surface area (TPSA) is 28.7 Å². The van der Waals surface area contributed by atoms with E-state index in [2.05, 4.69) is 29.5 Å². The molecule has 0 radical (unpaired) electrons. The fraction of sp³-hybridized carbons (Fsp3) is 0.100. The van der Waals surface area contributed by atoms with Gasteiger partial charge in [0, 0.05) is 0 Å². The number of hydrogen-bond donors (Lipinski definition) is 1. The molecule has 0 fully saturated rings. The van der Waals surface area contributed by atoms with E-state index in [0.29, 0.717) is 0 Å². The first-order valence-corrected chi connectivity index (χ1v) is 3.89. The minimum Gasteiger partial charge on any atom is -0.338 e. The fourth-order valence-electron chi connectivity index (χ4n) is 1.29. The minimum atomic E-state index is 0.833. The molecule has 12 heavy (non-hydrogen) atoms. The van der Waals surface area contributed by atoms with Crippen LogP contribution in [-0.4, -0.2) is 9.97 Å². The summed E-state index contributed by atoms with van der Waals surface area (Å²) in [6.07, 6.45) is 1.72. The highest BCUT2D eigenvalue weighted by Crippen LogP contribution is 2.15. The quantitative estimate of drug-likeness (QED) is 0.678. The lowest BCUT2D eigenvalue weighted by Gasteiger charge is -1.91. The van der Waals surface area contributed by atoms with E-state index in [1.54, 1.807) is 6.08 Å². The molecule has 0 amide bonds. The van der Waals surface area contributed by atoms with E-state index in [1.165, 1.54) is 5.56 Å². The van der Waals surface area contributed by atoms with Crippen LogP contribution in [0.4, 0.5) is 0 Å². The van der Waals surface area contributed by atoms with Gasteiger partial charge in [-0.1, -0.05) is 18.7 Å². The number of para-hydroxylation sites is 1. The summed E-state index contributed by atoms with van der Waals surface area (Å²) in [6.45, 7) is 5.72. The van der Waals surface area contributed by atoms with Crippen LogP contribution in [0.3, 0.4) is 0 Å². The Balaban J connectivity index is 2.82. The summed E-state index contributed by atoms with van der Waals surface area (Å²) in [5, 5.41) is 0. The fourth-order valence-corrected chi connectivity index (χ4v) is 1.29. The maximum atomic E-state index is 4.32. The van der Waals surface area contributed by atoms with Crippen LogP contribution in [0.15, 0.2) is 24.8 Å². The van der Waals surface area contributed by atoms with Crippen molar-refractivity contribution in [1.29, 1.82) is 0 Å². The molecule has 0 aliphatic carbocycles. The Kier molecular flexibility index (Phi) is 1.47. The molecular weight excluding hydrogens is 148 g/mol. The lowest BCUT2D eigenvalue weighted by atomic mass is 10.2. The normalized spacial score (nSPS) is 10.4. The number of nitrogens with zero attached hydrogens (tertiary/aromatic N) is 1. The van der Waals surface area contributed by atoms with Crippen LogP contribution in [0.5, 0.6) is 0 Å². The van der Waals surface area contributed by atoms with Crippen LogP contribution in [0.2, 0.25) is 0 Å². The van der Waals surface area contributed by atoms with Gasteiger partial charge in [-0.05, 0) is 24.6 Å². The second-order valence-corrected chi connectivity index (χ2v) is 2.80. The van der Waals surface area contributed by atoms with Gasteiger partial charge in [0.25, 0.3) is 0 Å². The Morgan fingerprint density at radius 3 is 3.00 bits per heavy atom. The molecule has 1 aromatic carbocycles. The third-order valence-electron chi connectivity index (χ3n) is 1.94. The molecule has 0 aliphatic rings. The smallest absolute Gasteiger partial charge is 0.130 e. The number of aromatic nitrogens is 2. The molecule has 2 aromatic rings. The van der Waals surface area contributed by atoms with E-state index < -0.39 is 0 Å². The van der Waals surface area contributed by atoms with Crippen LogP contribution < -0.4 is 0 Å². The summed E-state index contributed by atoms with van der Waals surface area (Å²) in [6, 6.07) is 6.06. The number of nitrogens with one attached hydrogen (secondary N) is 1. The summed E-state index contributed by atoms with van der Waals surface area (Å²) >= 11 is 0. The third-order valence-corrected chi connectivity index (χ3v) is 1.94.